The Labute approximate surface area is 119 Å². The molecule has 20 heavy (non-hydrogen) atoms. The van der Waals surface area contributed by atoms with E-state index in [9.17, 15) is 13.2 Å². The summed E-state index contributed by atoms with van der Waals surface area (Å²) in [5.41, 5.74) is -0.645. The van der Waals surface area contributed by atoms with Gasteiger partial charge in [-0.05, 0) is 18.2 Å². The van der Waals surface area contributed by atoms with Crippen LogP contribution in [0.4, 0.5) is 0 Å². The standard InChI is InChI=1S/C12H10ClNO5S/c13-8-2-1-3-10(4-8)20(17,18)14-6-9-5-11(15)12(16)7-19-9/h1-5,7,14,16H,6H2. The number of aromatic hydroxyl groups is 1. The zero-order valence-corrected chi connectivity index (χ0v) is 11.6. The fraction of sp³-hybridized carbons (Fsp3) is 0.0833. The Kier molecular flexibility index (Phi) is 4.12. The molecule has 0 bridgehead atoms. The summed E-state index contributed by atoms with van der Waals surface area (Å²) in [7, 11) is -3.76. The summed E-state index contributed by atoms with van der Waals surface area (Å²) in [5.74, 6) is -0.454. The SMILES string of the molecule is O=c1cc(CNS(=O)(=O)c2cccc(Cl)c2)occ1O. The Hall–Kier alpha value is -1.83. The van der Waals surface area contributed by atoms with Crippen LogP contribution < -0.4 is 10.2 Å². The highest BCUT2D eigenvalue weighted by Crippen LogP contribution is 2.15. The van der Waals surface area contributed by atoms with Crippen molar-refractivity contribution in [1.29, 1.82) is 0 Å². The molecular formula is C12H10ClNO5S. The van der Waals surface area contributed by atoms with Crippen molar-refractivity contribution in [3.63, 3.8) is 0 Å². The van der Waals surface area contributed by atoms with E-state index in [1.807, 2.05) is 0 Å². The van der Waals surface area contributed by atoms with Crippen LogP contribution >= 0.6 is 11.6 Å². The second-order valence-corrected chi connectivity index (χ2v) is 6.08. The van der Waals surface area contributed by atoms with Gasteiger partial charge in [0, 0.05) is 11.1 Å². The van der Waals surface area contributed by atoms with E-state index in [1.54, 1.807) is 6.07 Å². The van der Waals surface area contributed by atoms with Gasteiger partial charge in [-0.15, -0.1) is 0 Å². The number of hydrogen-bond donors (Lipinski definition) is 2. The molecule has 1 aromatic heterocycles. The van der Waals surface area contributed by atoms with Crippen molar-refractivity contribution < 1.29 is 17.9 Å². The third kappa shape index (κ3) is 3.38. The molecule has 1 heterocycles. The zero-order chi connectivity index (χ0) is 14.8. The molecule has 0 fully saturated rings. The Bertz CT molecular complexity index is 784. The van der Waals surface area contributed by atoms with E-state index in [0.29, 0.717) is 5.02 Å². The first-order valence-electron chi connectivity index (χ1n) is 5.44. The first kappa shape index (κ1) is 14.6. The number of halogens is 1. The summed E-state index contributed by atoms with van der Waals surface area (Å²) >= 11 is 5.73. The van der Waals surface area contributed by atoms with Crippen molar-refractivity contribution in [2.75, 3.05) is 0 Å². The van der Waals surface area contributed by atoms with E-state index >= 15 is 0 Å². The van der Waals surface area contributed by atoms with Crippen LogP contribution in [0.5, 0.6) is 5.75 Å². The number of sulfonamides is 1. The van der Waals surface area contributed by atoms with Crippen LogP contribution in [-0.2, 0) is 16.6 Å². The second-order valence-electron chi connectivity index (χ2n) is 3.88. The van der Waals surface area contributed by atoms with Crippen LogP contribution in [0.25, 0.3) is 0 Å². The summed E-state index contributed by atoms with van der Waals surface area (Å²) < 4.78 is 31.1. The van der Waals surface area contributed by atoms with Gasteiger partial charge in [-0.2, -0.15) is 0 Å². The summed E-state index contributed by atoms with van der Waals surface area (Å²) in [4.78, 5) is 11.2. The van der Waals surface area contributed by atoms with E-state index in [4.69, 9.17) is 21.1 Å². The monoisotopic (exact) mass is 315 g/mol. The summed E-state index contributed by atoms with van der Waals surface area (Å²) in [6.45, 7) is -0.218. The minimum absolute atomic E-state index is 0.00567. The molecule has 0 aliphatic rings. The van der Waals surface area contributed by atoms with Crippen LogP contribution in [0.15, 0.2) is 50.7 Å². The molecule has 2 rings (SSSR count). The molecule has 106 valence electrons. The van der Waals surface area contributed by atoms with Crippen LogP contribution in [0, 0.1) is 0 Å². The van der Waals surface area contributed by atoms with Gasteiger partial charge in [-0.25, -0.2) is 13.1 Å². The maximum absolute atomic E-state index is 12.0. The van der Waals surface area contributed by atoms with E-state index < -0.39 is 21.2 Å². The third-order valence-electron chi connectivity index (χ3n) is 2.41. The lowest BCUT2D eigenvalue weighted by molar-refractivity contribution is 0.411. The molecular weight excluding hydrogens is 306 g/mol. The second kappa shape index (κ2) is 5.66. The predicted molar refractivity (Wildman–Crippen MR) is 72.1 cm³/mol. The minimum atomic E-state index is -3.76. The quantitative estimate of drug-likeness (QED) is 0.890. The highest BCUT2D eigenvalue weighted by atomic mass is 35.5. The van der Waals surface area contributed by atoms with Gasteiger partial charge in [0.2, 0.25) is 15.5 Å². The summed E-state index contributed by atoms with van der Waals surface area (Å²) in [6, 6.07) is 6.77. The molecule has 8 heteroatoms. The number of benzene rings is 1. The highest BCUT2D eigenvalue weighted by molar-refractivity contribution is 7.89. The van der Waals surface area contributed by atoms with Gasteiger partial charge in [-0.1, -0.05) is 17.7 Å². The van der Waals surface area contributed by atoms with Gasteiger partial charge in [0.15, 0.2) is 5.75 Å². The normalized spacial score (nSPS) is 11.4. The molecule has 6 nitrogen and oxygen atoms in total. The first-order chi connectivity index (χ1) is 9.38. The maximum Gasteiger partial charge on any atom is 0.241 e. The Morgan fingerprint density at radius 2 is 2.05 bits per heavy atom. The lowest BCUT2D eigenvalue weighted by Gasteiger charge is -2.06. The van der Waals surface area contributed by atoms with Crippen molar-refractivity contribution in [2.45, 2.75) is 11.4 Å². The number of rotatable bonds is 4. The molecule has 0 unspecified atom stereocenters. The molecule has 0 atom stereocenters. The van der Waals surface area contributed by atoms with Gasteiger partial charge in [0.1, 0.15) is 12.0 Å². The van der Waals surface area contributed by atoms with Crippen LogP contribution in [0.1, 0.15) is 5.76 Å². The van der Waals surface area contributed by atoms with Gasteiger partial charge in [0.25, 0.3) is 0 Å². The first-order valence-corrected chi connectivity index (χ1v) is 7.30. The molecule has 0 spiro atoms. The van der Waals surface area contributed by atoms with Gasteiger partial charge < -0.3 is 9.52 Å². The van der Waals surface area contributed by atoms with Crippen LogP contribution in [-0.4, -0.2) is 13.5 Å². The Morgan fingerprint density at radius 3 is 2.70 bits per heavy atom. The predicted octanol–water partition coefficient (Wildman–Crippen LogP) is 1.48. The smallest absolute Gasteiger partial charge is 0.241 e. The fourth-order valence-corrected chi connectivity index (χ4v) is 2.71. The summed E-state index contributed by atoms with van der Waals surface area (Å²) in [5, 5.41) is 9.32. The van der Waals surface area contributed by atoms with Crippen molar-refractivity contribution in [3.05, 3.63) is 57.6 Å². The highest BCUT2D eigenvalue weighted by Gasteiger charge is 2.14. The van der Waals surface area contributed by atoms with E-state index in [-0.39, 0.29) is 17.2 Å². The summed E-state index contributed by atoms with van der Waals surface area (Å²) in [6.07, 6.45) is 0.853. The van der Waals surface area contributed by atoms with Crippen LogP contribution in [0.2, 0.25) is 5.02 Å². The average Bonchev–Trinajstić information content (AvgIpc) is 2.40. The van der Waals surface area contributed by atoms with E-state index in [2.05, 4.69) is 4.72 Å². The molecule has 0 saturated carbocycles. The molecule has 1 aromatic carbocycles. The Balaban J connectivity index is 2.17. The molecule has 2 N–H and O–H groups in total. The molecule has 0 aliphatic carbocycles. The Morgan fingerprint density at radius 1 is 1.30 bits per heavy atom. The molecule has 2 aromatic rings. The maximum atomic E-state index is 12.0. The van der Waals surface area contributed by atoms with Crippen LogP contribution in [0.3, 0.4) is 0 Å². The molecule has 0 radical (unpaired) electrons. The molecule has 0 saturated heterocycles. The van der Waals surface area contributed by atoms with Crippen molar-refractivity contribution >= 4 is 21.6 Å². The lowest BCUT2D eigenvalue weighted by atomic mass is 10.4. The topological polar surface area (TPSA) is 96.6 Å². The van der Waals surface area contributed by atoms with Crippen molar-refractivity contribution in [3.8, 4) is 5.75 Å². The van der Waals surface area contributed by atoms with Crippen molar-refractivity contribution in [2.24, 2.45) is 0 Å². The fourth-order valence-electron chi connectivity index (χ4n) is 1.42. The van der Waals surface area contributed by atoms with E-state index in [0.717, 1.165) is 12.3 Å². The molecule has 0 aliphatic heterocycles. The number of hydrogen-bond acceptors (Lipinski definition) is 5. The number of nitrogens with one attached hydrogen (secondary N) is 1. The average molecular weight is 316 g/mol. The van der Waals surface area contributed by atoms with E-state index in [1.165, 1.54) is 18.2 Å². The van der Waals surface area contributed by atoms with Gasteiger partial charge in [-0.3, -0.25) is 4.79 Å². The molecule has 0 amide bonds. The lowest BCUT2D eigenvalue weighted by Crippen LogP contribution is -2.23. The van der Waals surface area contributed by atoms with Crippen molar-refractivity contribution in [1.82, 2.24) is 4.72 Å². The van der Waals surface area contributed by atoms with Gasteiger partial charge in [0.05, 0.1) is 11.4 Å². The van der Waals surface area contributed by atoms with Gasteiger partial charge >= 0.3 is 0 Å². The minimum Gasteiger partial charge on any atom is -0.502 e. The largest absolute Gasteiger partial charge is 0.502 e. The third-order valence-corrected chi connectivity index (χ3v) is 4.04. The zero-order valence-electron chi connectivity index (χ0n) is 10.0.